The Balaban J connectivity index is 1.44. The second-order valence-corrected chi connectivity index (χ2v) is 8.25. The summed E-state index contributed by atoms with van der Waals surface area (Å²) in [5.41, 5.74) is 2.36. The predicted octanol–water partition coefficient (Wildman–Crippen LogP) is 4.89. The highest BCUT2D eigenvalue weighted by atomic mass is 19.4. The highest BCUT2D eigenvalue weighted by Gasteiger charge is 2.34. The molecule has 174 valence electrons. The first-order chi connectivity index (χ1) is 16.4. The first kappa shape index (κ1) is 22.0. The number of amides is 1. The van der Waals surface area contributed by atoms with E-state index in [-0.39, 0.29) is 5.69 Å². The third kappa shape index (κ3) is 4.49. The molecule has 34 heavy (non-hydrogen) atoms. The molecule has 4 aromatic rings. The largest absolute Gasteiger partial charge is 0.419 e. The Kier molecular flexibility index (Phi) is 5.74. The number of nitrogens with one attached hydrogen (secondary N) is 2. The maximum absolute atomic E-state index is 13.3. The van der Waals surface area contributed by atoms with Crippen LogP contribution < -0.4 is 5.32 Å². The number of hydrogen-bond donors (Lipinski definition) is 2. The summed E-state index contributed by atoms with van der Waals surface area (Å²) in [7, 11) is 0. The molecule has 10 heteroatoms. The van der Waals surface area contributed by atoms with Gasteiger partial charge in [0.25, 0.3) is 5.91 Å². The van der Waals surface area contributed by atoms with E-state index in [0.717, 1.165) is 42.4 Å². The summed E-state index contributed by atoms with van der Waals surface area (Å²) in [6, 6.07) is 9.55. The van der Waals surface area contributed by atoms with E-state index >= 15 is 0 Å². The summed E-state index contributed by atoms with van der Waals surface area (Å²) >= 11 is 0. The average Bonchev–Trinajstić information content (AvgIpc) is 3.48. The van der Waals surface area contributed by atoms with Crippen molar-refractivity contribution in [1.29, 1.82) is 0 Å². The molecule has 0 unspecified atom stereocenters. The zero-order valence-electron chi connectivity index (χ0n) is 18.1. The van der Waals surface area contributed by atoms with Crippen molar-refractivity contribution in [1.82, 2.24) is 25.1 Å². The molecule has 4 heterocycles. The molecule has 5 rings (SSSR count). The van der Waals surface area contributed by atoms with Gasteiger partial charge in [0.15, 0.2) is 5.69 Å². The van der Waals surface area contributed by atoms with Crippen molar-refractivity contribution in [2.75, 3.05) is 18.4 Å². The molecule has 0 bridgehead atoms. The number of carbonyl (C=O) groups is 1. The molecule has 1 amide bonds. The number of anilines is 1. The van der Waals surface area contributed by atoms with Crippen molar-refractivity contribution in [3.63, 3.8) is 0 Å². The van der Waals surface area contributed by atoms with Gasteiger partial charge in [-0.25, -0.2) is 4.98 Å². The third-order valence-electron chi connectivity index (χ3n) is 5.86. The average molecular weight is 466 g/mol. The summed E-state index contributed by atoms with van der Waals surface area (Å²) in [4.78, 5) is 23.3. The van der Waals surface area contributed by atoms with Crippen molar-refractivity contribution in [2.24, 2.45) is 0 Å². The van der Waals surface area contributed by atoms with Gasteiger partial charge in [0.2, 0.25) is 0 Å². The highest BCUT2D eigenvalue weighted by molar-refractivity contribution is 6.11. The monoisotopic (exact) mass is 466 g/mol. The number of alkyl halides is 3. The van der Waals surface area contributed by atoms with Gasteiger partial charge < -0.3 is 5.32 Å². The molecule has 0 aliphatic carbocycles. The van der Waals surface area contributed by atoms with Crippen molar-refractivity contribution < 1.29 is 18.0 Å². The number of aromatic nitrogens is 4. The van der Waals surface area contributed by atoms with E-state index in [2.05, 4.69) is 36.4 Å². The van der Waals surface area contributed by atoms with Crippen molar-refractivity contribution in [2.45, 2.75) is 25.6 Å². The zero-order chi connectivity index (χ0) is 23.7. The Morgan fingerprint density at radius 1 is 1.09 bits per heavy atom. The number of aromatic amines is 1. The maximum atomic E-state index is 13.3. The summed E-state index contributed by atoms with van der Waals surface area (Å²) in [5, 5.41) is 9.54. The predicted molar refractivity (Wildman–Crippen MR) is 121 cm³/mol. The Hall–Kier alpha value is -3.79. The first-order valence-corrected chi connectivity index (χ1v) is 10.9. The Morgan fingerprint density at radius 2 is 1.91 bits per heavy atom. The fourth-order valence-electron chi connectivity index (χ4n) is 4.20. The molecule has 1 aliphatic heterocycles. The molecule has 3 aromatic heterocycles. The normalized spacial score (nSPS) is 14.6. The first-order valence-electron chi connectivity index (χ1n) is 10.9. The van der Waals surface area contributed by atoms with Crippen molar-refractivity contribution in [3.8, 4) is 11.1 Å². The fourth-order valence-corrected chi connectivity index (χ4v) is 4.20. The van der Waals surface area contributed by atoms with E-state index in [1.54, 1.807) is 18.3 Å². The maximum Gasteiger partial charge on any atom is 0.419 e. The summed E-state index contributed by atoms with van der Waals surface area (Å²) in [6.07, 6.45) is 2.55. The minimum absolute atomic E-state index is 0.0168. The molecule has 7 nitrogen and oxygen atoms in total. The Morgan fingerprint density at radius 3 is 2.71 bits per heavy atom. The molecule has 0 atom stereocenters. The van der Waals surface area contributed by atoms with Crippen LogP contribution in [0.1, 0.15) is 34.5 Å². The number of likely N-dealkylation sites (tertiary alicyclic amines) is 1. The molecule has 1 fully saturated rings. The van der Waals surface area contributed by atoms with Crippen molar-refractivity contribution in [3.05, 3.63) is 71.8 Å². The summed E-state index contributed by atoms with van der Waals surface area (Å²) in [6.45, 7) is 2.99. The summed E-state index contributed by atoms with van der Waals surface area (Å²) < 4.78 is 39.8. The van der Waals surface area contributed by atoms with Gasteiger partial charge in [-0.3, -0.25) is 19.8 Å². The molecule has 0 radical (unpaired) electrons. The second-order valence-electron chi connectivity index (χ2n) is 8.25. The molecular weight excluding hydrogens is 445 g/mol. The number of fused-ring (bicyclic) bond motifs is 1. The SMILES string of the molecule is O=C(Nc1ncccc1C(F)(F)F)c1n[nH]c2ccc(-c3cncc(CN4CCCC4)c3)cc12. The van der Waals surface area contributed by atoms with Crippen LogP contribution in [-0.4, -0.2) is 44.1 Å². The molecule has 0 spiro atoms. The van der Waals surface area contributed by atoms with Crippen LogP contribution in [0, 0.1) is 0 Å². The van der Waals surface area contributed by atoms with Crippen LogP contribution in [-0.2, 0) is 12.7 Å². The van der Waals surface area contributed by atoms with Crippen LogP contribution >= 0.6 is 0 Å². The number of nitrogens with zero attached hydrogens (tertiary/aromatic N) is 4. The third-order valence-corrected chi connectivity index (χ3v) is 5.86. The van der Waals surface area contributed by atoms with Crippen LogP contribution in [0.25, 0.3) is 22.0 Å². The molecule has 2 N–H and O–H groups in total. The highest BCUT2D eigenvalue weighted by Crippen LogP contribution is 2.34. The number of rotatable bonds is 5. The number of pyridine rings is 2. The standard InChI is InChI=1S/C24H21F3N6O/c25-24(26,27)19-4-3-7-29-22(19)30-23(34)21-18-11-16(5-6-20(18)31-32-21)17-10-15(12-28-13-17)14-33-8-1-2-9-33/h3-7,10-13H,1-2,8-9,14H2,(H,31,32)(H,29,30,34). The second kappa shape index (κ2) is 8.86. The van der Waals surface area contributed by atoms with Gasteiger partial charge >= 0.3 is 6.18 Å². The minimum atomic E-state index is -4.65. The van der Waals surface area contributed by atoms with Crippen molar-refractivity contribution >= 4 is 22.6 Å². The van der Waals surface area contributed by atoms with Crippen LogP contribution in [0.4, 0.5) is 19.0 Å². The smallest absolute Gasteiger partial charge is 0.305 e. The lowest BCUT2D eigenvalue weighted by molar-refractivity contribution is -0.137. The molecule has 1 aliphatic rings. The number of hydrogen-bond acceptors (Lipinski definition) is 5. The van der Waals surface area contributed by atoms with E-state index in [0.29, 0.717) is 10.9 Å². The fraction of sp³-hybridized carbons (Fsp3) is 0.250. The van der Waals surface area contributed by atoms with E-state index in [9.17, 15) is 18.0 Å². The lowest BCUT2D eigenvalue weighted by atomic mass is 10.0. The van der Waals surface area contributed by atoms with Crippen LogP contribution in [0.15, 0.2) is 55.0 Å². The lowest BCUT2D eigenvalue weighted by Crippen LogP contribution is -2.18. The number of H-pyrrole nitrogens is 1. The van der Waals surface area contributed by atoms with E-state index in [1.807, 2.05) is 12.3 Å². The molecule has 1 saturated heterocycles. The van der Waals surface area contributed by atoms with Gasteiger partial charge in [0.1, 0.15) is 5.82 Å². The zero-order valence-corrected chi connectivity index (χ0v) is 18.1. The Labute approximate surface area is 193 Å². The Bertz CT molecular complexity index is 1340. The molecule has 1 aromatic carbocycles. The topological polar surface area (TPSA) is 86.8 Å². The van der Waals surface area contributed by atoms with E-state index < -0.39 is 23.5 Å². The van der Waals surface area contributed by atoms with Gasteiger partial charge in [-0.05, 0) is 67.4 Å². The van der Waals surface area contributed by atoms with Crippen LogP contribution in [0.5, 0.6) is 0 Å². The number of carbonyl (C=O) groups excluding carboxylic acids is 1. The van der Waals surface area contributed by atoms with Crippen LogP contribution in [0.2, 0.25) is 0 Å². The molecule has 0 saturated carbocycles. The lowest BCUT2D eigenvalue weighted by Gasteiger charge is -2.14. The van der Waals surface area contributed by atoms with Gasteiger partial charge in [-0.1, -0.05) is 6.07 Å². The molecular formula is C24H21F3N6O. The van der Waals surface area contributed by atoms with Gasteiger partial charge in [0, 0.05) is 36.1 Å². The quantitative estimate of drug-likeness (QED) is 0.438. The van der Waals surface area contributed by atoms with E-state index in [4.69, 9.17) is 0 Å². The van der Waals surface area contributed by atoms with Gasteiger partial charge in [0.05, 0.1) is 11.1 Å². The van der Waals surface area contributed by atoms with Crippen LogP contribution in [0.3, 0.4) is 0 Å². The van der Waals surface area contributed by atoms with Gasteiger partial charge in [-0.15, -0.1) is 0 Å². The van der Waals surface area contributed by atoms with Gasteiger partial charge in [-0.2, -0.15) is 18.3 Å². The number of benzene rings is 1. The van der Waals surface area contributed by atoms with E-state index in [1.165, 1.54) is 25.1 Å². The minimum Gasteiger partial charge on any atom is -0.305 e. The number of halogens is 3. The summed E-state index contributed by atoms with van der Waals surface area (Å²) in [5.74, 6) is -1.35.